The monoisotopic (exact) mass is 337 g/mol. The van der Waals surface area contributed by atoms with Crippen LogP contribution in [-0.2, 0) is 6.42 Å². The van der Waals surface area contributed by atoms with E-state index in [4.69, 9.17) is 9.15 Å². The second-order valence-corrected chi connectivity index (χ2v) is 5.84. The third-order valence-electron chi connectivity index (χ3n) is 3.99. The summed E-state index contributed by atoms with van der Waals surface area (Å²) in [6.45, 7) is 2.37. The zero-order valence-corrected chi connectivity index (χ0v) is 14.2. The molecule has 3 aromatic rings. The van der Waals surface area contributed by atoms with Gasteiger partial charge >= 0.3 is 5.63 Å². The molecule has 1 aromatic heterocycles. The van der Waals surface area contributed by atoms with Crippen molar-refractivity contribution in [1.82, 2.24) is 5.32 Å². The molecular formula is C20H19NO4. The number of hydrogen-bond donors (Lipinski definition) is 1. The molecule has 1 heterocycles. The Hall–Kier alpha value is -3.08. The van der Waals surface area contributed by atoms with Crippen LogP contribution in [0.4, 0.5) is 0 Å². The third-order valence-corrected chi connectivity index (χ3v) is 3.99. The van der Waals surface area contributed by atoms with Gasteiger partial charge in [0.1, 0.15) is 16.9 Å². The van der Waals surface area contributed by atoms with Crippen LogP contribution in [0.2, 0.25) is 0 Å². The number of carbonyl (C=O) groups is 1. The van der Waals surface area contributed by atoms with E-state index >= 15 is 0 Å². The molecule has 0 saturated carbocycles. The summed E-state index contributed by atoms with van der Waals surface area (Å²) in [5.74, 6) is 0.363. The smallest absolute Gasteiger partial charge is 0.349 e. The van der Waals surface area contributed by atoms with Crippen molar-refractivity contribution >= 4 is 16.9 Å². The minimum Gasteiger partial charge on any atom is -0.497 e. The van der Waals surface area contributed by atoms with E-state index in [9.17, 15) is 9.59 Å². The van der Waals surface area contributed by atoms with Gasteiger partial charge in [0.15, 0.2) is 0 Å². The predicted octanol–water partition coefficient (Wildman–Crippen LogP) is 3.08. The van der Waals surface area contributed by atoms with E-state index in [1.807, 2.05) is 43.3 Å². The van der Waals surface area contributed by atoms with Gasteiger partial charge in [-0.25, -0.2) is 4.79 Å². The number of methoxy groups -OCH3 is 1. The van der Waals surface area contributed by atoms with Gasteiger partial charge < -0.3 is 14.5 Å². The topological polar surface area (TPSA) is 68.5 Å². The van der Waals surface area contributed by atoms with E-state index in [1.54, 1.807) is 19.2 Å². The summed E-state index contributed by atoms with van der Waals surface area (Å²) in [5, 5.41) is 3.50. The van der Waals surface area contributed by atoms with E-state index in [2.05, 4.69) is 5.32 Å². The number of rotatable bonds is 5. The molecule has 0 fully saturated rings. The van der Waals surface area contributed by atoms with Crippen molar-refractivity contribution in [2.45, 2.75) is 13.3 Å². The fraction of sp³-hybridized carbons (Fsp3) is 0.200. The van der Waals surface area contributed by atoms with Gasteiger partial charge in [-0.3, -0.25) is 4.79 Å². The van der Waals surface area contributed by atoms with E-state index in [0.29, 0.717) is 18.5 Å². The van der Waals surface area contributed by atoms with Gasteiger partial charge in [-0.1, -0.05) is 23.8 Å². The van der Waals surface area contributed by atoms with Crippen LogP contribution in [0.1, 0.15) is 21.5 Å². The van der Waals surface area contributed by atoms with Crippen molar-refractivity contribution in [3.63, 3.8) is 0 Å². The van der Waals surface area contributed by atoms with E-state index in [1.165, 1.54) is 0 Å². The quantitative estimate of drug-likeness (QED) is 0.727. The Morgan fingerprint density at radius 2 is 1.88 bits per heavy atom. The molecule has 0 bridgehead atoms. The van der Waals surface area contributed by atoms with Crippen molar-refractivity contribution in [2.75, 3.05) is 13.7 Å². The number of aryl methyl sites for hydroxylation is 1. The fourth-order valence-electron chi connectivity index (χ4n) is 2.61. The number of carbonyl (C=O) groups excluding carboxylic acids is 1. The molecule has 0 aliphatic heterocycles. The van der Waals surface area contributed by atoms with E-state index < -0.39 is 11.5 Å². The number of amides is 1. The lowest BCUT2D eigenvalue weighted by Gasteiger charge is -2.06. The molecule has 0 spiro atoms. The number of benzene rings is 2. The molecule has 0 aliphatic carbocycles. The van der Waals surface area contributed by atoms with Crippen LogP contribution in [0, 0.1) is 6.92 Å². The number of fused-ring (bicyclic) bond motifs is 1. The summed E-state index contributed by atoms with van der Waals surface area (Å²) >= 11 is 0. The van der Waals surface area contributed by atoms with Crippen molar-refractivity contribution in [3.05, 3.63) is 75.6 Å². The molecule has 5 nitrogen and oxygen atoms in total. The second-order valence-electron chi connectivity index (χ2n) is 5.84. The first-order valence-electron chi connectivity index (χ1n) is 8.02. The average Bonchev–Trinajstić information content (AvgIpc) is 2.62. The molecule has 25 heavy (non-hydrogen) atoms. The van der Waals surface area contributed by atoms with Gasteiger partial charge in [0.05, 0.1) is 7.11 Å². The molecule has 1 N–H and O–H groups in total. The summed E-state index contributed by atoms with van der Waals surface area (Å²) in [6.07, 6.45) is 0.660. The molecule has 0 saturated heterocycles. The van der Waals surface area contributed by atoms with Crippen LogP contribution in [-0.4, -0.2) is 19.6 Å². The minimum absolute atomic E-state index is 0.0211. The lowest BCUT2D eigenvalue weighted by atomic mass is 10.1. The lowest BCUT2D eigenvalue weighted by molar-refractivity contribution is 0.0950. The van der Waals surface area contributed by atoms with E-state index in [0.717, 1.165) is 22.3 Å². The minimum atomic E-state index is -0.627. The summed E-state index contributed by atoms with van der Waals surface area (Å²) in [5.41, 5.74) is 1.98. The third kappa shape index (κ3) is 3.88. The molecule has 0 unspecified atom stereocenters. The first-order valence-corrected chi connectivity index (χ1v) is 8.02. The molecule has 5 heteroatoms. The first-order chi connectivity index (χ1) is 12.1. The van der Waals surface area contributed by atoms with Gasteiger partial charge in [-0.15, -0.1) is 0 Å². The van der Waals surface area contributed by atoms with Crippen LogP contribution in [0.5, 0.6) is 5.75 Å². The highest BCUT2D eigenvalue weighted by Gasteiger charge is 2.13. The zero-order chi connectivity index (χ0) is 17.8. The van der Waals surface area contributed by atoms with E-state index in [-0.39, 0.29) is 5.56 Å². The van der Waals surface area contributed by atoms with Gasteiger partial charge in [0.2, 0.25) is 0 Å². The summed E-state index contributed by atoms with van der Waals surface area (Å²) in [4.78, 5) is 24.3. The van der Waals surface area contributed by atoms with Crippen molar-refractivity contribution in [2.24, 2.45) is 0 Å². The summed E-state index contributed by atoms with van der Waals surface area (Å²) < 4.78 is 10.3. The molecular weight excluding hydrogens is 318 g/mol. The maximum atomic E-state index is 12.3. The Balaban J connectivity index is 1.69. The van der Waals surface area contributed by atoms with Crippen LogP contribution >= 0.6 is 0 Å². The van der Waals surface area contributed by atoms with Gasteiger partial charge in [-0.05, 0) is 49.2 Å². The van der Waals surface area contributed by atoms with Crippen LogP contribution in [0.3, 0.4) is 0 Å². The lowest BCUT2D eigenvalue weighted by Crippen LogP contribution is -2.29. The Kier molecular flexibility index (Phi) is 4.84. The average molecular weight is 337 g/mol. The van der Waals surface area contributed by atoms with Gasteiger partial charge in [0.25, 0.3) is 5.91 Å². The molecule has 128 valence electrons. The number of ether oxygens (including phenoxy) is 1. The van der Waals surface area contributed by atoms with Crippen LogP contribution in [0.15, 0.2) is 57.7 Å². The first kappa shape index (κ1) is 16.8. The zero-order valence-electron chi connectivity index (χ0n) is 14.2. The van der Waals surface area contributed by atoms with Crippen LogP contribution < -0.4 is 15.7 Å². The second kappa shape index (κ2) is 7.21. The Bertz CT molecular complexity index is 958. The summed E-state index contributed by atoms with van der Waals surface area (Å²) in [6, 6.07) is 14.7. The summed E-state index contributed by atoms with van der Waals surface area (Å²) in [7, 11) is 1.62. The SMILES string of the molecule is COc1ccc(CCNC(=O)c2cc3cc(C)ccc3oc2=O)cc1. The van der Waals surface area contributed by atoms with Crippen molar-refractivity contribution in [1.29, 1.82) is 0 Å². The molecule has 0 aliphatic rings. The molecule has 0 radical (unpaired) electrons. The van der Waals surface area contributed by atoms with Crippen LogP contribution in [0.25, 0.3) is 11.0 Å². The van der Waals surface area contributed by atoms with Crippen molar-refractivity contribution in [3.8, 4) is 5.75 Å². The molecule has 2 aromatic carbocycles. The Labute approximate surface area is 145 Å². The molecule has 3 rings (SSSR count). The Morgan fingerprint density at radius 3 is 2.60 bits per heavy atom. The molecule has 1 amide bonds. The highest BCUT2D eigenvalue weighted by Crippen LogP contribution is 2.15. The van der Waals surface area contributed by atoms with Crippen molar-refractivity contribution < 1.29 is 13.9 Å². The molecule has 0 atom stereocenters. The standard InChI is InChI=1S/C20H19NO4/c1-13-3-8-18-15(11-13)12-17(20(23)25-18)19(22)21-10-9-14-4-6-16(24-2)7-5-14/h3-8,11-12H,9-10H2,1-2H3,(H,21,22). The maximum absolute atomic E-state index is 12.3. The van der Waals surface area contributed by atoms with Gasteiger partial charge in [-0.2, -0.15) is 0 Å². The predicted molar refractivity (Wildman–Crippen MR) is 96.3 cm³/mol. The highest BCUT2D eigenvalue weighted by atomic mass is 16.5. The van der Waals surface area contributed by atoms with Gasteiger partial charge in [0, 0.05) is 11.9 Å². The largest absolute Gasteiger partial charge is 0.497 e. The normalized spacial score (nSPS) is 10.6. The maximum Gasteiger partial charge on any atom is 0.349 e. The Morgan fingerprint density at radius 1 is 1.12 bits per heavy atom. The number of hydrogen-bond acceptors (Lipinski definition) is 4. The highest BCUT2D eigenvalue weighted by molar-refractivity contribution is 5.96. The fourth-order valence-corrected chi connectivity index (χ4v) is 2.61. The number of nitrogens with one attached hydrogen (secondary N) is 1.